The zero-order chi connectivity index (χ0) is 14.8. The summed E-state index contributed by atoms with van der Waals surface area (Å²) >= 11 is 5.12. The van der Waals surface area contributed by atoms with Gasteiger partial charge in [-0.2, -0.15) is 0 Å². The summed E-state index contributed by atoms with van der Waals surface area (Å²) in [6.07, 6.45) is 0.771. The van der Waals surface area contributed by atoms with Gasteiger partial charge in [-0.25, -0.2) is 0 Å². The molecule has 1 amide bonds. The molecule has 0 bridgehead atoms. The second-order valence-corrected chi connectivity index (χ2v) is 7.24. The summed E-state index contributed by atoms with van der Waals surface area (Å²) in [5.41, 5.74) is 2.58. The first-order valence-corrected chi connectivity index (χ1v) is 8.59. The number of rotatable bonds is 3. The standard InChI is InChI=1S/C16H17BrN2OS/c1-19(9-14-7-13(17)10-21-14)16(20)15-6-11-4-2-3-5-12(11)8-18-15/h2-5,7,10,15,18H,6,8-9H2,1H3. The number of amides is 1. The maximum atomic E-state index is 12.6. The van der Waals surface area contributed by atoms with Crippen molar-refractivity contribution in [2.75, 3.05) is 7.05 Å². The van der Waals surface area contributed by atoms with Crippen LogP contribution in [-0.4, -0.2) is 23.9 Å². The highest BCUT2D eigenvalue weighted by Crippen LogP contribution is 2.22. The number of carbonyl (C=O) groups excluding carboxylic acids is 1. The summed E-state index contributed by atoms with van der Waals surface area (Å²) in [5, 5.41) is 5.39. The van der Waals surface area contributed by atoms with E-state index in [9.17, 15) is 4.79 Å². The zero-order valence-electron chi connectivity index (χ0n) is 11.8. The fraction of sp³-hybridized carbons (Fsp3) is 0.312. The lowest BCUT2D eigenvalue weighted by atomic mass is 9.95. The Kier molecular flexibility index (Phi) is 4.42. The minimum atomic E-state index is -0.117. The van der Waals surface area contributed by atoms with Gasteiger partial charge in [0.2, 0.25) is 5.91 Å². The molecule has 1 unspecified atom stereocenters. The summed E-state index contributed by atoms with van der Waals surface area (Å²) in [5.74, 6) is 0.161. The molecular formula is C16H17BrN2OS. The van der Waals surface area contributed by atoms with Gasteiger partial charge in [-0.3, -0.25) is 4.79 Å². The normalized spacial score (nSPS) is 17.3. The Hall–Kier alpha value is -1.17. The smallest absolute Gasteiger partial charge is 0.240 e. The second kappa shape index (κ2) is 6.30. The molecule has 5 heteroatoms. The molecule has 1 N–H and O–H groups in total. The van der Waals surface area contributed by atoms with Crippen molar-refractivity contribution < 1.29 is 4.79 Å². The first kappa shape index (κ1) is 14.8. The van der Waals surface area contributed by atoms with Crippen LogP contribution in [0, 0.1) is 0 Å². The number of hydrogen-bond acceptors (Lipinski definition) is 3. The Labute approximate surface area is 137 Å². The van der Waals surface area contributed by atoms with Crippen LogP contribution < -0.4 is 5.32 Å². The lowest BCUT2D eigenvalue weighted by Gasteiger charge is -2.28. The van der Waals surface area contributed by atoms with Crippen LogP contribution in [0.3, 0.4) is 0 Å². The number of carbonyl (C=O) groups is 1. The Balaban J connectivity index is 1.66. The van der Waals surface area contributed by atoms with E-state index in [1.165, 1.54) is 16.0 Å². The van der Waals surface area contributed by atoms with Crippen LogP contribution in [-0.2, 0) is 24.3 Å². The van der Waals surface area contributed by atoms with E-state index < -0.39 is 0 Å². The summed E-state index contributed by atoms with van der Waals surface area (Å²) in [6.45, 7) is 1.43. The molecule has 2 heterocycles. The monoisotopic (exact) mass is 364 g/mol. The molecule has 3 rings (SSSR count). The molecule has 0 saturated carbocycles. The quantitative estimate of drug-likeness (QED) is 0.906. The average molecular weight is 365 g/mol. The molecule has 21 heavy (non-hydrogen) atoms. The van der Waals surface area contributed by atoms with E-state index in [1.807, 2.05) is 29.5 Å². The third-order valence-electron chi connectivity index (χ3n) is 3.77. The van der Waals surface area contributed by atoms with Gasteiger partial charge < -0.3 is 10.2 Å². The number of likely N-dealkylation sites (N-methyl/N-ethyl adjacent to an activating group) is 1. The van der Waals surface area contributed by atoms with Gasteiger partial charge in [0, 0.05) is 28.3 Å². The molecule has 1 aromatic heterocycles. The second-order valence-electron chi connectivity index (χ2n) is 5.33. The SMILES string of the molecule is CN(Cc1cc(Br)cs1)C(=O)C1Cc2ccccc2CN1. The molecular weight excluding hydrogens is 348 g/mol. The lowest BCUT2D eigenvalue weighted by molar-refractivity contribution is -0.132. The average Bonchev–Trinajstić information content (AvgIpc) is 2.91. The van der Waals surface area contributed by atoms with Crippen molar-refractivity contribution in [2.45, 2.75) is 25.6 Å². The largest absolute Gasteiger partial charge is 0.339 e. The van der Waals surface area contributed by atoms with Crippen molar-refractivity contribution in [3.63, 3.8) is 0 Å². The highest BCUT2D eigenvalue weighted by Gasteiger charge is 2.26. The van der Waals surface area contributed by atoms with E-state index in [0.717, 1.165) is 17.4 Å². The molecule has 0 fully saturated rings. The fourth-order valence-corrected chi connectivity index (χ4v) is 4.15. The van der Waals surface area contributed by atoms with Gasteiger partial charge >= 0.3 is 0 Å². The van der Waals surface area contributed by atoms with Crippen LogP contribution in [0.2, 0.25) is 0 Å². The number of halogens is 1. The van der Waals surface area contributed by atoms with Gasteiger partial charge in [-0.1, -0.05) is 24.3 Å². The predicted octanol–water partition coefficient (Wildman–Crippen LogP) is 3.18. The fourth-order valence-electron chi connectivity index (χ4n) is 2.64. The van der Waals surface area contributed by atoms with Crippen LogP contribution >= 0.6 is 27.3 Å². The predicted molar refractivity (Wildman–Crippen MR) is 89.3 cm³/mol. The Morgan fingerprint density at radius 1 is 1.43 bits per heavy atom. The van der Waals surface area contributed by atoms with Gasteiger partial charge in [0.1, 0.15) is 0 Å². The van der Waals surface area contributed by atoms with Gasteiger partial charge in [0.15, 0.2) is 0 Å². The minimum absolute atomic E-state index is 0.117. The van der Waals surface area contributed by atoms with Crippen LogP contribution in [0.5, 0.6) is 0 Å². The molecule has 0 radical (unpaired) electrons. The number of fused-ring (bicyclic) bond motifs is 1. The number of benzene rings is 1. The zero-order valence-corrected chi connectivity index (χ0v) is 14.2. The third kappa shape index (κ3) is 3.36. The molecule has 0 saturated heterocycles. The van der Waals surface area contributed by atoms with Crippen molar-refractivity contribution in [3.05, 3.63) is 56.2 Å². The van der Waals surface area contributed by atoms with E-state index in [4.69, 9.17) is 0 Å². The maximum absolute atomic E-state index is 12.6. The van der Waals surface area contributed by atoms with Gasteiger partial charge in [-0.05, 0) is 39.5 Å². The summed E-state index contributed by atoms with van der Waals surface area (Å²) in [4.78, 5) is 15.6. The third-order valence-corrected chi connectivity index (χ3v) is 5.45. The van der Waals surface area contributed by atoms with Gasteiger partial charge in [-0.15, -0.1) is 11.3 Å². The Morgan fingerprint density at radius 3 is 2.90 bits per heavy atom. The highest BCUT2D eigenvalue weighted by atomic mass is 79.9. The highest BCUT2D eigenvalue weighted by molar-refractivity contribution is 9.10. The summed E-state index contributed by atoms with van der Waals surface area (Å²) in [7, 11) is 1.87. The van der Waals surface area contributed by atoms with Gasteiger partial charge in [0.25, 0.3) is 0 Å². The molecule has 3 nitrogen and oxygen atoms in total. The molecule has 0 spiro atoms. The van der Waals surface area contributed by atoms with Crippen LogP contribution in [0.1, 0.15) is 16.0 Å². The Bertz CT molecular complexity index is 655. The van der Waals surface area contributed by atoms with Crippen molar-refractivity contribution in [2.24, 2.45) is 0 Å². The molecule has 1 aromatic carbocycles. The van der Waals surface area contributed by atoms with Crippen LogP contribution in [0.15, 0.2) is 40.2 Å². The van der Waals surface area contributed by atoms with Crippen LogP contribution in [0.25, 0.3) is 0 Å². The topological polar surface area (TPSA) is 32.3 Å². The first-order chi connectivity index (χ1) is 10.1. The van der Waals surface area contributed by atoms with E-state index in [-0.39, 0.29) is 11.9 Å². The number of nitrogens with zero attached hydrogens (tertiary/aromatic N) is 1. The van der Waals surface area contributed by atoms with Crippen LogP contribution in [0.4, 0.5) is 0 Å². The lowest BCUT2D eigenvalue weighted by Crippen LogP contribution is -2.47. The van der Waals surface area contributed by atoms with Crippen molar-refractivity contribution in [1.29, 1.82) is 0 Å². The molecule has 1 aliphatic rings. The van der Waals surface area contributed by atoms with E-state index in [2.05, 4.69) is 39.4 Å². The summed E-state index contributed by atoms with van der Waals surface area (Å²) < 4.78 is 1.08. The minimum Gasteiger partial charge on any atom is -0.339 e. The van der Waals surface area contributed by atoms with E-state index in [1.54, 1.807) is 11.3 Å². The van der Waals surface area contributed by atoms with Crippen molar-refractivity contribution >= 4 is 33.2 Å². The molecule has 0 aliphatic carbocycles. The number of nitrogens with one attached hydrogen (secondary N) is 1. The number of hydrogen-bond donors (Lipinski definition) is 1. The number of thiophene rings is 1. The van der Waals surface area contributed by atoms with E-state index >= 15 is 0 Å². The molecule has 1 atom stereocenters. The van der Waals surface area contributed by atoms with Crippen molar-refractivity contribution in [1.82, 2.24) is 10.2 Å². The van der Waals surface area contributed by atoms with E-state index in [0.29, 0.717) is 6.54 Å². The molecule has 110 valence electrons. The maximum Gasteiger partial charge on any atom is 0.240 e. The first-order valence-electron chi connectivity index (χ1n) is 6.91. The summed E-state index contributed by atoms with van der Waals surface area (Å²) in [6, 6.07) is 10.3. The molecule has 1 aliphatic heterocycles. The van der Waals surface area contributed by atoms with Gasteiger partial charge in [0.05, 0.1) is 12.6 Å². The Morgan fingerprint density at radius 2 is 2.19 bits per heavy atom. The molecule has 2 aromatic rings. The van der Waals surface area contributed by atoms with Crippen molar-refractivity contribution in [3.8, 4) is 0 Å².